The number of nitrogens with zero attached hydrogens (tertiary/aromatic N) is 1. The summed E-state index contributed by atoms with van der Waals surface area (Å²) < 4.78 is 4.86. The zero-order valence-electron chi connectivity index (χ0n) is 10.7. The summed E-state index contributed by atoms with van der Waals surface area (Å²) in [6, 6.07) is 7.01. The van der Waals surface area contributed by atoms with Crippen molar-refractivity contribution in [1.29, 1.82) is 0 Å². The average molecular weight is 331 g/mol. The zero-order valence-corrected chi connectivity index (χ0v) is 13.0. The van der Waals surface area contributed by atoms with Crippen LogP contribution in [0, 0.1) is 6.92 Å². The van der Waals surface area contributed by atoms with Crippen molar-refractivity contribution in [2.45, 2.75) is 12.7 Å². The van der Waals surface area contributed by atoms with E-state index in [0.29, 0.717) is 27.4 Å². The quantitative estimate of drug-likeness (QED) is 0.894. The maximum atomic E-state index is 11.7. The monoisotopic (exact) mass is 330 g/mol. The van der Waals surface area contributed by atoms with Crippen molar-refractivity contribution in [2.24, 2.45) is 0 Å². The van der Waals surface area contributed by atoms with Gasteiger partial charge in [-0.2, -0.15) is 0 Å². The van der Waals surface area contributed by atoms with Crippen molar-refractivity contribution in [2.75, 3.05) is 11.1 Å². The minimum Gasteiger partial charge on any atom is -0.360 e. The van der Waals surface area contributed by atoms with E-state index >= 15 is 0 Å². The lowest BCUT2D eigenvalue weighted by molar-refractivity contribution is -0.113. The Bertz CT molecular complexity index is 596. The molecule has 7 heteroatoms. The number of halogens is 2. The molecule has 1 amide bonds. The number of anilines is 1. The number of hydrogen-bond donors (Lipinski definition) is 1. The van der Waals surface area contributed by atoms with Crippen LogP contribution in [0.1, 0.15) is 11.3 Å². The van der Waals surface area contributed by atoms with E-state index in [9.17, 15) is 4.79 Å². The van der Waals surface area contributed by atoms with Crippen molar-refractivity contribution in [1.82, 2.24) is 5.16 Å². The normalized spacial score (nSPS) is 10.6. The molecule has 0 aliphatic carbocycles. The lowest BCUT2D eigenvalue weighted by atomic mass is 10.2. The molecule has 0 aliphatic rings. The Morgan fingerprint density at radius 1 is 1.40 bits per heavy atom. The number of benzene rings is 1. The highest BCUT2D eigenvalue weighted by Gasteiger charge is 2.09. The SMILES string of the molecule is Cc1cc(NC(=O)CSCc2c(Cl)cccc2Cl)no1. The topological polar surface area (TPSA) is 55.1 Å². The van der Waals surface area contributed by atoms with Crippen LogP contribution in [-0.4, -0.2) is 16.8 Å². The fraction of sp³-hybridized carbons (Fsp3) is 0.231. The van der Waals surface area contributed by atoms with E-state index in [1.807, 2.05) is 0 Å². The Kier molecular flexibility index (Phi) is 5.34. The number of aryl methyl sites for hydroxylation is 1. The number of aromatic nitrogens is 1. The van der Waals surface area contributed by atoms with Crippen molar-refractivity contribution in [3.05, 3.63) is 45.6 Å². The van der Waals surface area contributed by atoms with Gasteiger partial charge in [0.25, 0.3) is 0 Å². The van der Waals surface area contributed by atoms with E-state index in [1.165, 1.54) is 11.8 Å². The van der Waals surface area contributed by atoms with Gasteiger partial charge in [0.2, 0.25) is 5.91 Å². The summed E-state index contributed by atoms with van der Waals surface area (Å²) in [7, 11) is 0. The molecule has 0 aliphatic heterocycles. The minimum absolute atomic E-state index is 0.147. The molecular formula is C13H12Cl2N2O2S. The molecule has 2 aromatic rings. The van der Waals surface area contributed by atoms with Crippen LogP contribution in [0.25, 0.3) is 0 Å². The second-order valence-electron chi connectivity index (χ2n) is 4.06. The number of hydrogen-bond acceptors (Lipinski definition) is 4. The molecule has 0 fully saturated rings. The molecule has 106 valence electrons. The molecule has 0 radical (unpaired) electrons. The van der Waals surface area contributed by atoms with Crippen LogP contribution in [0.4, 0.5) is 5.82 Å². The van der Waals surface area contributed by atoms with E-state index < -0.39 is 0 Å². The van der Waals surface area contributed by atoms with Gasteiger partial charge in [0, 0.05) is 21.9 Å². The molecule has 0 bridgehead atoms. The van der Waals surface area contributed by atoms with E-state index in [2.05, 4.69) is 10.5 Å². The smallest absolute Gasteiger partial charge is 0.235 e. The fourth-order valence-electron chi connectivity index (χ4n) is 1.52. The molecule has 20 heavy (non-hydrogen) atoms. The van der Waals surface area contributed by atoms with Gasteiger partial charge in [-0.1, -0.05) is 34.4 Å². The molecule has 4 nitrogen and oxygen atoms in total. The lowest BCUT2D eigenvalue weighted by Gasteiger charge is -2.06. The maximum Gasteiger partial charge on any atom is 0.235 e. The molecular weight excluding hydrogens is 319 g/mol. The van der Waals surface area contributed by atoms with Crippen LogP contribution in [0.5, 0.6) is 0 Å². The van der Waals surface area contributed by atoms with Gasteiger partial charge >= 0.3 is 0 Å². The van der Waals surface area contributed by atoms with Crippen molar-refractivity contribution >= 4 is 46.7 Å². The number of rotatable bonds is 5. The molecule has 1 heterocycles. The molecule has 0 saturated carbocycles. The third-order valence-electron chi connectivity index (χ3n) is 2.44. The van der Waals surface area contributed by atoms with Crippen LogP contribution in [0.3, 0.4) is 0 Å². The second-order valence-corrected chi connectivity index (χ2v) is 5.86. The molecule has 0 atom stereocenters. The first-order chi connectivity index (χ1) is 9.56. The molecule has 1 aromatic carbocycles. The van der Waals surface area contributed by atoms with Crippen molar-refractivity contribution < 1.29 is 9.32 Å². The number of amides is 1. The number of carbonyl (C=O) groups excluding carboxylic acids is 1. The van der Waals surface area contributed by atoms with Crippen LogP contribution in [-0.2, 0) is 10.5 Å². The highest BCUT2D eigenvalue weighted by molar-refractivity contribution is 7.99. The molecule has 1 N–H and O–H groups in total. The first kappa shape index (κ1) is 15.2. The first-order valence-corrected chi connectivity index (χ1v) is 7.71. The summed E-state index contributed by atoms with van der Waals surface area (Å²) in [5, 5.41) is 7.56. The first-order valence-electron chi connectivity index (χ1n) is 5.80. The summed E-state index contributed by atoms with van der Waals surface area (Å²) in [6.45, 7) is 1.76. The van der Waals surface area contributed by atoms with Crippen molar-refractivity contribution in [3.63, 3.8) is 0 Å². The number of nitrogens with one attached hydrogen (secondary N) is 1. The van der Waals surface area contributed by atoms with Gasteiger partial charge in [-0.05, 0) is 24.6 Å². The van der Waals surface area contributed by atoms with Crippen LogP contribution in [0.15, 0.2) is 28.8 Å². The van der Waals surface area contributed by atoms with Gasteiger partial charge in [0.15, 0.2) is 5.82 Å². The van der Waals surface area contributed by atoms with Gasteiger partial charge in [0.05, 0.1) is 5.75 Å². The van der Waals surface area contributed by atoms with Crippen LogP contribution < -0.4 is 5.32 Å². The molecule has 0 saturated heterocycles. The lowest BCUT2D eigenvalue weighted by Crippen LogP contribution is -2.14. The Balaban J connectivity index is 1.82. The zero-order chi connectivity index (χ0) is 14.5. The average Bonchev–Trinajstić information content (AvgIpc) is 2.78. The Labute approximate surface area is 130 Å². The Hall–Kier alpha value is -1.17. The van der Waals surface area contributed by atoms with E-state index in [0.717, 1.165) is 5.56 Å². The summed E-state index contributed by atoms with van der Waals surface area (Å²) in [4.78, 5) is 11.7. The number of carbonyl (C=O) groups is 1. The van der Waals surface area contributed by atoms with E-state index in [1.54, 1.807) is 31.2 Å². The Morgan fingerprint density at radius 2 is 2.10 bits per heavy atom. The summed E-state index contributed by atoms with van der Waals surface area (Å²) in [6.07, 6.45) is 0. The Morgan fingerprint density at radius 3 is 2.70 bits per heavy atom. The largest absolute Gasteiger partial charge is 0.360 e. The van der Waals surface area contributed by atoms with Gasteiger partial charge in [-0.15, -0.1) is 11.8 Å². The van der Waals surface area contributed by atoms with E-state index in [-0.39, 0.29) is 11.7 Å². The fourth-order valence-corrected chi connectivity index (χ4v) is 3.08. The third kappa shape index (κ3) is 4.16. The standard InChI is InChI=1S/C13H12Cl2N2O2S/c1-8-5-12(17-19-8)16-13(18)7-20-6-9-10(14)3-2-4-11(9)15/h2-5H,6-7H2,1H3,(H,16,17,18). The van der Waals surface area contributed by atoms with Gasteiger partial charge in [-0.25, -0.2) is 0 Å². The molecule has 2 rings (SSSR count). The van der Waals surface area contributed by atoms with Crippen molar-refractivity contribution in [3.8, 4) is 0 Å². The molecule has 0 spiro atoms. The van der Waals surface area contributed by atoms with Gasteiger partial charge in [-0.3, -0.25) is 4.79 Å². The highest BCUT2D eigenvalue weighted by atomic mass is 35.5. The maximum absolute atomic E-state index is 11.7. The highest BCUT2D eigenvalue weighted by Crippen LogP contribution is 2.28. The number of thioether (sulfide) groups is 1. The van der Waals surface area contributed by atoms with Gasteiger partial charge < -0.3 is 9.84 Å². The summed E-state index contributed by atoms with van der Waals surface area (Å²) in [5.74, 6) is 1.78. The summed E-state index contributed by atoms with van der Waals surface area (Å²) in [5.41, 5.74) is 0.839. The summed E-state index contributed by atoms with van der Waals surface area (Å²) >= 11 is 13.5. The third-order valence-corrected chi connectivity index (χ3v) is 4.10. The molecule has 0 unspecified atom stereocenters. The van der Waals surface area contributed by atoms with E-state index in [4.69, 9.17) is 27.7 Å². The second kappa shape index (κ2) is 7.02. The van der Waals surface area contributed by atoms with Crippen LogP contribution >= 0.6 is 35.0 Å². The predicted octanol–water partition coefficient (Wildman–Crippen LogP) is 4.16. The van der Waals surface area contributed by atoms with Crippen LogP contribution in [0.2, 0.25) is 10.0 Å². The molecule has 1 aromatic heterocycles. The minimum atomic E-state index is -0.147. The predicted molar refractivity (Wildman–Crippen MR) is 82.5 cm³/mol. The van der Waals surface area contributed by atoms with Gasteiger partial charge in [0.1, 0.15) is 5.76 Å².